The summed E-state index contributed by atoms with van der Waals surface area (Å²) in [6.07, 6.45) is 13.0. The second-order valence-corrected chi connectivity index (χ2v) is 5.82. The Kier molecular flexibility index (Phi) is 14.4. The van der Waals surface area contributed by atoms with E-state index in [-0.39, 0.29) is 6.61 Å². The van der Waals surface area contributed by atoms with Crippen LogP contribution in [0.1, 0.15) is 90.9 Å². The fourth-order valence-electron chi connectivity index (χ4n) is 2.57. The molecule has 120 valence electrons. The topological polar surface area (TPSA) is 26.3 Å². The molecular weight excluding hydrogens is 255 g/mol. The van der Waals surface area contributed by atoms with E-state index in [1.165, 1.54) is 57.8 Å². The molecule has 0 amide bonds. The lowest BCUT2D eigenvalue weighted by atomic mass is 9.95. The molecule has 0 aromatic rings. The standard InChI is InChI=1S/C17H33FO2/c1-3-5-7-9-10-12-14-16(15-20-17(18)19)13-11-8-6-4-2/h16H,3-15H2,1-2H3. The van der Waals surface area contributed by atoms with E-state index in [2.05, 4.69) is 18.6 Å². The molecule has 0 N–H and O–H groups in total. The Bertz CT molecular complexity index is 219. The lowest BCUT2D eigenvalue weighted by molar-refractivity contribution is 0.0981. The van der Waals surface area contributed by atoms with Crippen molar-refractivity contribution in [3.63, 3.8) is 0 Å². The third-order valence-corrected chi connectivity index (χ3v) is 3.86. The molecule has 0 aliphatic carbocycles. The van der Waals surface area contributed by atoms with Gasteiger partial charge in [-0.2, -0.15) is 0 Å². The number of rotatable bonds is 14. The first-order chi connectivity index (χ1) is 9.70. The van der Waals surface area contributed by atoms with E-state index in [4.69, 9.17) is 0 Å². The minimum atomic E-state index is -1.63. The summed E-state index contributed by atoms with van der Waals surface area (Å²) >= 11 is 0. The quantitative estimate of drug-likeness (QED) is 0.272. The molecule has 0 rings (SSSR count). The van der Waals surface area contributed by atoms with Crippen LogP contribution in [0.3, 0.4) is 0 Å². The van der Waals surface area contributed by atoms with Gasteiger partial charge in [0.25, 0.3) is 0 Å². The summed E-state index contributed by atoms with van der Waals surface area (Å²) in [6, 6.07) is 0. The molecule has 20 heavy (non-hydrogen) atoms. The number of carbonyl (C=O) groups excluding carboxylic acids is 1. The zero-order valence-corrected chi connectivity index (χ0v) is 13.5. The highest BCUT2D eigenvalue weighted by Gasteiger charge is 2.11. The molecule has 0 aromatic carbocycles. The van der Waals surface area contributed by atoms with Crippen molar-refractivity contribution in [1.82, 2.24) is 0 Å². The number of hydrogen-bond acceptors (Lipinski definition) is 2. The Balaban J connectivity index is 3.71. The van der Waals surface area contributed by atoms with Gasteiger partial charge in [0.2, 0.25) is 0 Å². The maximum Gasteiger partial charge on any atom is 0.495 e. The first kappa shape index (κ1) is 19.4. The summed E-state index contributed by atoms with van der Waals surface area (Å²) in [6.45, 7) is 4.67. The third kappa shape index (κ3) is 13.8. The van der Waals surface area contributed by atoms with Gasteiger partial charge in [0.15, 0.2) is 0 Å². The van der Waals surface area contributed by atoms with Gasteiger partial charge < -0.3 is 4.74 Å². The molecule has 2 nitrogen and oxygen atoms in total. The molecule has 0 saturated heterocycles. The summed E-state index contributed by atoms with van der Waals surface area (Å²) in [5.41, 5.74) is 0. The zero-order chi connectivity index (χ0) is 15.1. The molecule has 0 aliphatic heterocycles. The van der Waals surface area contributed by atoms with Gasteiger partial charge in [-0.05, 0) is 18.8 Å². The van der Waals surface area contributed by atoms with E-state index in [1.807, 2.05) is 0 Å². The first-order valence-corrected chi connectivity index (χ1v) is 8.52. The van der Waals surface area contributed by atoms with Crippen molar-refractivity contribution in [2.75, 3.05) is 6.61 Å². The molecule has 0 spiro atoms. The molecule has 0 bridgehead atoms. The maximum absolute atomic E-state index is 12.2. The van der Waals surface area contributed by atoms with Gasteiger partial charge in [0.05, 0.1) is 6.61 Å². The van der Waals surface area contributed by atoms with E-state index in [0.29, 0.717) is 5.92 Å². The fraction of sp³-hybridized carbons (Fsp3) is 0.941. The van der Waals surface area contributed by atoms with E-state index < -0.39 is 6.22 Å². The van der Waals surface area contributed by atoms with Crippen molar-refractivity contribution in [2.45, 2.75) is 90.9 Å². The second-order valence-electron chi connectivity index (χ2n) is 5.82. The van der Waals surface area contributed by atoms with Crippen LogP contribution in [-0.4, -0.2) is 12.8 Å². The normalized spacial score (nSPS) is 12.3. The van der Waals surface area contributed by atoms with Crippen molar-refractivity contribution < 1.29 is 13.9 Å². The Morgan fingerprint density at radius 2 is 1.30 bits per heavy atom. The van der Waals surface area contributed by atoms with E-state index in [1.54, 1.807) is 0 Å². The van der Waals surface area contributed by atoms with Gasteiger partial charge >= 0.3 is 6.22 Å². The lowest BCUT2D eigenvalue weighted by Gasteiger charge is -2.15. The van der Waals surface area contributed by atoms with Crippen LogP contribution in [0.5, 0.6) is 0 Å². The first-order valence-electron chi connectivity index (χ1n) is 8.52. The number of halogens is 1. The van der Waals surface area contributed by atoms with Crippen molar-refractivity contribution in [1.29, 1.82) is 0 Å². The molecule has 0 heterocycles. The van der Waals surface area contributed by atoms with Crippen molar-refractivity contribution >= 4 is 6.22 Å². The van der Waals surface area contributed by atoms with Crippen LogP contribution in [0.15, 0.2) is 0 Å². The lowest BCUT2D eigenvalue weighted by Crippen LogP contribution is -2.11. The highest BCUT2D eigenvalue weighted by Crippen LogP contribution is 2.19. The second kappa shape index (κ2) is 14.8. The maximum atomic E-state index is 12.2. The van der Waals surface area contributed by atoms with E-state index >= 15 is 0 Å². The SMILES string of the molecule is CCCCCCCCC(CCCCCC)COC(=O)F. The summed E-state index contributed by atoms with van der Waals surface area (Å²) in [4.78, 5) is 10.3. The Hall–Kier alpha value is -0.600. The monoisotopic (exact) mass is 288 g/mol. The minimum Gasteiger partial charge on any atom is -0.440 e. The van der Waals surface area contributed by atoms with Crippen molar-refractivity contribution in [3.8, 4) is 0 Å². The van der Waals surface area contributed by atoms with Gasteiger partial charge in [0.1, 0.15) is 0 Å². The third-order valence-electron chi connectivity index (χ3n) is 3.86. The van der Waals surface area contributed by atoms with Gasteiger partial charge in [-0.1, -0.05) is 78.1 Å². The molecule has 0 saturated carbocycles. The Morgan fingerprint density at radius 3 is 1.80 bits per heavy atom. The highest BCUT2D eigenvalue weighted by molar-refractivity contribution is 5.57. The van der Waals surface area contributed by atoms with E-state index in [0.717, 1.165) is 19.3 Å². The Morgan fingerprint density at radius 1 is 0.850 bits per heavy atom. The van der Waals surface area contributed by atoms with Gasteiger partial charge in [-0.25, -0.2) is 4.79 Å². The molecule has 0 fully saturated rings. The number of ether oxygens (including phenoxy) is 1. The van der Waals surface area contributed by atoms with Crippen LogP contribution in [0.2, 0.25) is 0 Å². The predicted molar refractivity (Wildman–Crippen MR) is 82.7 cm³/mol. The van der Waals surface area contributed by atoms with Crippen LogP contribution in [0.4, 0.5) is 9.18 Å². The van der Waals surface area contributed by atoms with Crippen LogP contribution < -0.4 is 0 Å². The molecule has 0 aliphatic rings. The van der Waals surface area contributed by atoms with Crippen LogP contribution in [-0.2, 0) is 4.74 Å². The Labute approximate surface area is 124 Å². The van der Waals surface area contributed by atoms with Crippen LogP contribution >= 0.6 is 0 Å². The average molecular weight is 288 g/mol. The molecule has 3 heteroatoms. The van der Waals surface area contributed by atoms with Crippen molar-refractivity contribution in [2.24, 2.45) is 5.92 Å². The zero-order valence-electron chi connectivity index (χ0n) is 13.5. The minimum absolute atomic E-state index is 0.260. The summed E-state index contributed by atoms with van der Waals surface area (Å²) in [5, 5.41) is 0. The van der Waals surface area contributed by atoms with Crippen LogP contribution in [0, 0.1) is 5.92 Å². The fourth-order valence-corrected chi connectivity index (χ4v) is 2.57. The summed E-state index contributed by atoms with van der Waals surface area (Å²) in [7, 11) is 0. The number of carbonyl (C=O) groups is 1. The van der Waals surface area contributed by atoms with Crippen molar-refractivity contribution in [3.05, 3.63) is 0 Å². The molecule has 0 radical (unpaired) electrons. The molecular formula is C17H33FO2. The molecule has 1 atom stereocenters. The molecule has 1 unspecified atom stereocenters. The predicted octanol–water partition coefficient (Wildman–Crippen LogP) is 6.43. The smallest absolute Gasteiger partial charge is 0.440 e. The van der Waals surface area contributed by atoms with Gasteiger partial charge in [0, 0.05) is 0 Å². The van der Waals surface area contributed by atoms with Gasteiger partial charge in [-0.15, -0.1) is 4.39 Å². The summed E-state index contributed by atoms with van der Waals surface area (Å²) in [5.74, 6) is 0.345. The average Bonchev–Trinajstić information content (AvgIpc) is 2.43. The van der Waals surface area contributed by atoms with Gasteiger partial charge in [-0.3, -0.25) is 0 Å². The largest absolute Gasteiger partial charge is 0.495 e. The molecule has 0 aromatic heterocycles. The number of hydrogen-bond donors (Lipinski definition) is 0. The van der Waals surface area contributed by atoms with E-state index in [9.17, 15) is 9.18 Å². The number of unbranched alkanes of at least 4 members (excludes halogenated alkanes) is 8. The summed E-state index contributed by atoms with van der Waals surface area (Å²) < 4.78 is 16.7. The van der Waals surface area contributed by atoms with Crippen LogP contribution in [0.25, 0.3) is 0 Å². The highest BCUT2D eigenvalue weighted by atomic mass is 19.1.